The van der Waals surface area contributed by atoms with Crippen LogP contribution in [0, 0.1) is 0 Å². The molecule has 1 heterocycles. The zero-order chi connectivity index (χ0) is 49.7. The van der Waals surface area contributed by atoms with Gasteiger partial charge in [-0.2, -0.15) is 0 Å². The summed E-state index contributed by atoms with van der Waals surface area (Å²) in [6.07, 6.45) is 0. The van der Waals surface area contributed by atoms with Crippen LogP contribution < -0.4 is 20.2 Å². The summed E-state index contributed by atoms with van der Waals surface area (Å²) in [5.74, 6) is 0. The Morgan fingerprint density at radius 2 is 0.824 bits per heavy atom. The molecule has 12 aromatic rings. The van der Waals surface area contributed by atoms with Gasteiger partial charge in [-0.15, -0.1) is 0 Å². The molecule has 0 saturated heterocycles. The highest BCUT2D eigenvalue weighted by Gasteiger charge is 2.39. The van der Waals surface area contributed by atoms with E-state index in [9.17, 15) is 0 Å². The van der Waals surface area contributed by atoms with Gasteiger partial charge in [0.15, 0.2) is 0 Å². The monoisotopic (exact) mass is 962 g/mol. The van der Waals surface area contributed by atoms with Gasteiger partial charge in [-0.1, -0.05) is 209 Å². The summed E-state index contributed by atoms with van der Waals surface area (Å²) in [5.41, 5.74) is 19.7. The Bertz CT molecular complexity index is 4140. The molecule has 0 atom stereocenters. The molecule has 0 N–H and O–H groups in total. The third-order valence-electron chi connectivity index (χ3n) is 16.4. The Hall–Kier alpha value is -8.76. The topological polar surface area (TPSA) is 6.48 Å². The largest absolute Gasteiger partial charge is 0.310 e. The van der Waals surface area contributed by atoms with E-state index in [0.29, 0.717) is 0 Å². The lowest BCUT2D eigenvalue weighted by molar-refractivity contribution is 0.660. The van der Waals surface area contributed by atoms with Gasteiger partial charge < -0.3 is 9.80 Å². The molecule has 0 spiro atoms. The molecule has 14 rings (SSSR count). The minimum Gasteiger partial charge on any atom is -0.310 e. The van der Waals surface area contributed by atoms with E-state index in [1.807, 2.05) is 0 Å². The van der Waals surface area contributed by atoms with E-state index in [1.54, 1.807) is 0 Å². The van der Waals surface area contributed by atoms with Crippen LogP contribution in [0.4, 0.5) is 34.1 Å². The van der Waals surface area contributed by atoms with Gasteiger partial charge in [0.25, 0.3) is 0 Å². The van der Waals surface area contributed by atoms with E-state index < -0.39 is 8.07 Å². The van der Waals surface area contributed by atoms with Crippen molar-refractivity contribution in [2.75, 3.05) is 9.80 Å². The molecule has 3 heteroatoms. The van der Waals surface area contributed by atoms with Crippen LogP contribution in [0.5, 0.6) is 0 Å². The standard InChI is InChI=1S/C71H54N2Si/c1-71(2)64-42-48(36-39-56(64)57-41-38-53(44-65(57)71)72(50-24-11-6-12-25-50)51-26-13-7-14-27-51)49-37-40-59-63-45-61-55-31-17-18-32-58(55)67(46-62(61)60-33-21-35-68(70(60)63)74(3,4)69(59)43-49)73(52-28-15-8-16-29-52)66-34-20-19-30-54(66)47-22-9-5-10-23-47/h5-46H,1-4H3. The van der Waals surface area contributed by atoms with Crippen LogP contribution >= 0.6 is 0 Å². The second kappa shape index (κ2) is 16.9. The molecule has 0 bridgehead atoms. The van der Waals surface area contributed by atoms with Crippen LogP contribution in [0.2, 0.25) is 13.1 Å². The van der Waals surface area contributed by atoms with Crippen molar-refractivity contribution in [2.45, 2.75) is 32.4 Å². The number of hydrogen-bond acceptors (Lipinski definition) is 2. The summed E-state index contributed by atoms with van der Waals surface area (Å²) in [6.45, 7) is 9.94. The second-order valence-corrected chi connectivity index (χ2v) is 25.6. The summed E-state index contributed by atoms with van der Waals surface area (Å²) in [4.78, 5) is 4.86. The molecule has 0 radical (unpaired) electrons. The first-order chi connectivity index (χ1) is 36.2. The Balaban J connectivity index is 0.898. The van der Waals surface area contributed by atoms with Crippen molar-refractivity contribution in [3.05, 3.63) is 266 Å². The quantitative estimate of drug-likeness (QED) is 0.111. The van der Waals surface area contributed by atoms with Crippen molar-refractivity contribution in [2.24, 2.45) is 0 Å². The average Bonchev–Trinajstić information content (AvgIpc) is 3.74. The van der Waals surface area contributed by atoms with Gasteiger partial charge in [0, 0.05) is 39.1 Å². The van der Waals surface area contributed by atoms with Crippen molar-refractivity contribution < 1.29 is 0 Å². The molecule has 2 aliphatic rings. The Kier molecular flexibility index (Phi) is 10.1. The second-order valence-electron chi connectivity index (χ2n) is 21.2. The zero-order valence-electron chi connectivity index (χ0n) is 42.1. The van der Waals surface area contributed by atoms with Gasteiger partial charge in [0.2, 0.25) is 0 Å². The summed E-state index contributed by atoms with van der Waals surface area (Å²) >= 11 is 0. The Labute approximate surface area is 435 Å². The predicted molar refractivity (Wildman–Crippen MR) is 319 cm³/mol. The SMILES string of the molecule is CC1(C)c2cc(-c3ccc4c(c3)[Si](C)(C)c3cccc5c3c-4cc3c4ccccc4c(N(c4ccccc4)c4ccccc4-c4ccccc4)cc53)ccc2-c2ccc(N(c3ccccc3)c3ccccc3)cc21. The van der Waals surface area contributed by atoms with Crippen molar-refractivity contribution >= 4 is 84.9 Å². The van der Waals surface area contributed by atoms with E-state index in [1.165, 1.54) is 110 Å². The molecule has 0 unspecified atom stereocenters. The Morgan fingerprint density at radius 1 is 0.297 bits per heavy atom. The van der Waals surface area contributed by atoms with Gasteiger partial charge >= 0.3 is 0 Å². The molecule has 74 heavy (non-hydrogen) atoms. The van der Waals surface area contributed by atoms with Crippen molar-refractivity contribution in [1.82, 2.24) is 0 Å². The minimum atomic E-state index is -2.24. The van der Waals surface area contributed by atoms with E-state index in [-0.39, 0.29) is 5.41 Å². The number of hydrogen-bond donors (Lipinski definition) is 0. The first kappa shape index (κ1) is 44.0. The van der Waals surface area contributed by atoms with Crippen molar-refractivity contribution in [1.29, 1.82) is 0 Å². The minimum absolute atomic E-state index is 0.195. The van der Waals surface area contributed by atoms with Gasteiger partial charge in [-0.05, 0) is 160 Å². The van der Waals surface area contributed by atoms with Crippen LogP contribution in [-0.2, 0) is 5.41 Å². The molecular weight excluding hydrogens is 909 g/mol. The van der Waals surface area contributed by atoms with Crippen LogP contribution in [0.1, 0.15) is 25.0 Å². The van der Waals surface area contributed by atoms with Crippen LogP contribution in [0.3, 0.4) is 0 Å². The molecule has 0 aromatic heterocycles. The Morgan fingerprint density at radius 3 is 1.51 bits per heavy atom. The van der Waals surface area contributed by atoms with Crippen molar-refractivity contribution in [3.8, 4) is 44.5 Å². The average molecular weight is 963 g/mol. The highest BCUT2D eigenvalue weighted by molar-refractivity contribution is 7.03. The lowest BCUT2D eigenvalue weighted by atomic mass is 9.81. The number of fused-ring (bicyclic) bond motifs is 9. The van der Waals surface area contributed by atoms with Crippen LogP contribution in [0.15, 0.2) is 255 Å². The fourth-order valence-electron chi connectivity index (χ4n) is 12.7. The first-order valence-corrected chi connectivity index (χ1v) is 29.0. The van der Waals surface area contributed by atoms with E-state index in [4.69, 9.17) is 0 Å². The first-order valence-electron chi connectivity index (χ1n) is 26.0. The number of rotatable bonds is 8. The van der Waals surface area contributed by atoms with E-state index >= 15 is 0 Å². The number of para-hydroxylation sites is 4. The molecule has 0 fully saturated rings. The molecular formula is C71H54N2Si. The fourth-order valence-corrected chi connectivity index (χ4v) is 15.8. The van der Waals surface area contributed by atoms with E-state index in [0.717, 1.165) is 22.7 Å². The molecule has 0 amide bonds. The maximum Gasteiger partial charge on any atom is 0.113 e. The lowest BCUT2D eigenvalue weighted by Crippen LogP contribution is -2.55. The van der Waals surface area contributed by atoms with Crippen LogP contribution in [-0.4, -0.2) is 8.07 Å². The highest BCUT2D eigenvalue weighted by atomic mass is 28.3. The third kappa shape index (κ3) is 6.77. The zero-order valence-corrected chi connectivity index (χ0v) is 43.1. The number of anilines is 6. The molecule has 1 aliphatic carbocycles. The van der Waals surface area contributed by atoms with Crippen LogP contribution in [0.25, 0.3) is 76.8 Å². The summed E-state index contributed by atoms with van der Waals surface area (Å²) in [5, 5.41) is 10.8. The smallest absolute Gasteiger partial charge is 0.113 e. The number of nitrogens with zero attached hydrogens (tertiary/aromatic N) is 2. The van der Waals surface area contributed by atoms with Crippen molar-refractivity contribution in [3.63, 3.8) is 0 Å². The molecule has 1 aliphatic heterocycles. The molecule has 2 nitrogen and oxygen atoms in total. The molecule has 12 aromatic carbocycles. The summed E-state index contributed by atoms with van der Waals surface area (Å²) < 4.78 is 0. The predicted octanol–water partition coefficient (Wildman–Crippen LogP) is 18.5. The summed E-state index contributed by atoms with van der Waals surface area (Å²) in [6, 6.07) is 94.9. The van der Waals surface area contributed by atoms with Gasteiger partial charge in [0.05, 0.1) is 11.4 Å². The third-order valence-corrected chi connectivity index (χ3v) is 19.9. The number of benzene rings is 12. The normalized spacial score (nSPS) is 13.6. The van der Waals surface area contributed by atoms with Gasteiger partial charge in [-0.3, -0.25) is 0 Å². The summed E-state index contributed by atoms with van der Waals surface area (Å²) in [7, 11) is -2.24. The lowest BCUT2D eigenvalue weighted by Gasteiger charge is -2.35. The maximum atomic E-state index is 2.56. The van der Waals surface area contributed by atoms with E-state index in [2.05, 4.69) is 292 Å². The molecule has 352 valence electrons. The highest BCUT2D eigenvalue weighted by Crippen LogP contribution is 2.53. The maximum absolute atomic E-state index is 2.56. The molecule has 0 saturated carbocycles. The fraction of sp³-hybridized carbons (Fsp3) is 0.0704. The van der Waals surface area contributed by atoms with Gasteiger partial charge in [0.1, 0.15) is 8.07 Å². The van der Waals surface area contributed by atoms with Gasteiger partial charge in [-0.25, -0.2) is 0 Å².